The molecule has 0 amide bonds. The lowest BCUT2D eigenvalue weighted by atomic mass is 9.90. The molecular formula is C18H35N3. The van der Waals surface area contributed by atoms with Crippen molar-refractivity contribution in [2.24, 2.45) is 0 Å². The Morgan fingerprint density at radius 1 is 1.19 bits per heavy atom. The summed E-state index contributed by atoms with van der Waals surface area (Å²) in [6.45, 7) is 9.82. The Morgan fingerprint density at radius 2 is 1.90 bits per heavy atom. The van der Waals surface area contributed by atoms with E-state index in [0.717, 1.165) is 51.4 Å². The van der Waals surface area contributed by atoms with Crippen molar-refractivity contribution in [3.63, 3.8) is 0 Å². The average molecular weight is 293 g/mol. The smallest absolute Gasteiger partial charge is 0.106 e. The van der Waals surface area contributed by atoms with Crippen LogP contribution in [0.4, 0.5) is 0 Å². The molecule has 0 spiro atoms. The van der Waals surface area contributed by atoms with Gasteiger partial charge in [0, 0.05) is 6.04 Å². The highest BCUT2D eigenvalue weighted by atomic mass is 15.1. The van der Waals surface area contributed by atoms with Gasteiger partial charge in [-0.15, -0.1) is 0 Å². The molecule has 0 radical (unpaired) electrons. The Morgan fingerprint density at radius 3 is 2.43 bits per heavy atom. The van der Waals surface area contributed by atoms with Gasteiger partial charge < -0.3 is 4.90 Å². The minimum Gasteiger partial charge on any atom is -0.301 e. The van der Waals surface area contributed by atoms with E-state index in [-0.39, 0.29) is 5.54 Å². The van der Waals surface area contributed by atoms with E-state index in [9.17, 15) is 5.26 Å². The number of hydrogen-bond acceptors (Lipinski definition) is 3. The zero-order valence-corrected chi connectivity index (χ0v) is 14.5. The quantitative estimate of drug-likeness (QED) is 0.659. The molecule has 21 heavy (non-hydrogen) atoms. The fraction of sp³-hybridized carbons (Fsp3) is 0.944. The topological polar surface area (TPSA) is 39.1 Å². The van der Waals surface area contributed by atoms with Gasteiger partial charge in [0.05, 0.1) is 6.07 Å². The van der Waals surface area contributed by atoms with E-state index in [1.54, 1.807) is 0 Å². The van der Waals surface area contributed by atoms with Gasteiger partial charge in [-0.05, 0) is 58.2 Å². The minimum absolute atomic E-state index is 0.304. The standard InChI is InChI=1S/C18H35N3/c1-4-14-20-18(5-2,16-19)13-10-15-21(6-3)17-11-8-7-9-12-17/h17,20H,4-15H2,1-3H3. The first kappa shape index (κ1) is 18.5. The third-order valence-electron chi connectivity index (χ3n) is 5.08. The Bertz CT molecular complexity index is 304. The molecule has 0 bridgehead atoms. The molecule has 0 saturated heterocycles. The van der Waals surface area contributed by atoms with Gasteiger partial charge >= 0.3 is 0 Å². The summed E-state index contributed by atoms with van der Waals surface area (Å²) >= 11 is 0. The first-order valence-corrected chi connectivity index (χ1v) is 9.11. The molecule has 1 rings (SSSR count). The summed E-state index contributed by atoms with van der Waals surface area (Å²) in [5.41, 5.74) is -0.304. The van der Waals surface area contributed by atoms with Gasteiger partial charge in [-0.3, -0.25) is 5.32 Å². The van der Waals surface area contributed by atoms with Crippen molar-refractivity contribution in [1.82, 2.24) is 10.2 Å². The zero-order valence-electron chi connectivity index (χ0n) is 14.5. The Hall–Kier alpha value is -0.590. The van der Waals surface area contributed by atoms with Crippen LogP contribution in [-0.2, 0) is 0 Å². The summed E-state index contributed by atoms with van der Waals surface area (Å²) in [5, 5.41) is 13.0. The Kier molecular flexibility index (Phi) is 8.96. The Balaban J connectivity index is 2.42. The van der Waals surface area contributed by atoms with Gasteiger partial charge in [0.2, 0.25) is 0 Å². The number of hydrogen-bond donors (Lipinski definition) is 1. The van der Waals surface area contributed by atoms with Crippen molar-refractivity contribution in [2.75, 3.05) is 19.6 Å². The number of nitriles is 1. The van der Waals surface area contributed by atoms with Crippen LogP contribution in [0.1, 0.15) is 78.6 Å². The summed E-state index contributed by atoms with van der Waals surface area (Å²) in [6.07, 6.45) is 11.1. The maximum absolute atomic E-state index is 9.55. The first-order valence-electron chi connectivity index (χ1n) is 9.11. The molecular weight excluding hydrogens is 258 g/mol. The highest BCUT2D eigenvalue weighted by molar-refractivity contribution is 5.06. The summed E-state index contributed by atoms with van der Waals surface area (Å²) in [7, 11) is 0. The second-order valence-corrected chi connectivity index (χ2v) is 6.50. The maximum Gasteiger partial charge on any atom is 0.106 e. The van der Waals surface area contributed by atoms with Crippen LogP contribution in [0.15, 0.2) is 0 Å². The average Bonchev–Trinajstić information content (AvgIpc) is 2.56. The van der Waals surface area contributed by atoms with Crippen LogP contribution >= 0.6 is 0 Å². The summed E-state index contributed by atoms with van der Waals surface area (Å²) < 4.78 is 0. The van der Waals surface area contributed by atoms with Gasteiger partial charge in [0.25, 0.3) is 0 Å². The predicted octanol–water partition coefficient (Wildman–Crippen LogP) is 4.09. The number of rotatable bonds is 10. The van der Waals surface area contributed by atoms with E-state index >= 15 is 0 Å². The Labute approximate surface area is 132 Å². The van der Waals surface area contributed by atoms with Crippen molar-refractivity contribution in [3.05, 3.63) is 0 Å². The van der Waals surface area contributed by atoms with Crippen LogP contribution < -0.4 is 5.32 Å². The van der Waals surface area contributed by atoms with Crippen LogP contribution in [0.2, 0.25) is 0 Å². The minimum atomic E-state index is -0.304. The highest BCUT2D eigenvalue weighted by Crippen LogP contribution is 2.24. The SMILES string of the molecule is CCCNC(C#N)(CC)CCCN(CC)C1CCCCC1. The van der Waals surface area contributed by atoms with E-state index in [0.29, 0.717) is 0 Å². The molecule has 0 aromatic rings. The van der Waals surface area contributed by atoms with Gasteiger partial charge in [-0.1, -0.05) is 40.0 Å². The van der Waals surface area contributed by atoms with Crippen LogP contribution in [0, 0.1) is 11.3 Å². The molecule has 0 aliphatic heterocycles. The molecule has 3 heteroatoms. The van der Waals surface area contributed by atoms with E-state index in [1.165, 1.54) is 32.1 Å². The molecule has 1 saturated carbocycles. The van der Waals surface area contributed by atoms with Crippen molar-refractivity contribution in [2.45, 2.75) is 90.1 Å². The van der Waals surface area contributed by atoms with Crippen molar-refractivity contribution in [3.8, 4) is 6.07 Å². The van der Waals surface area contributed by atoms with E-state index in [1.807, 2.05) is 0 Å². The van der Waals surface area contributed by atoms with Crippen LogP contribution in [0.3, 0.4) is 0 Å². The summed E-state index contributed by atoms with van der Waals surface area (Å²) in [5.74, 6) is 0. The molecule has 3 nitrogen and oxygen atoms in total. The normalized spacial score (nSPS) is 19.4. The molecule has 1 fully saturated rings. The molecule has 1 unspecified atom stereocenters. The fourth-order valence-electron chi connectivity index (χ4n) is 3.56. The first-order chi connectivity index (χ1) is 10.2. The van der Waals surface area contributed by atoms with Gasteiger partial charge in [0.1, 0.15) is 5.54 Å². The number of nitrogens with one attached hydrogen (secondary N) is 1. The molecule has 1 aliphatic rings. The third-order valence-corrected chi connectivity index (χ3v) is 5.08. The van der Waals surface area contributed by atoms with Gasteiger partial charge in [-0.25, -0.2) is 0 Å². The lowest BCUT2D eigenvalue weighted by Gasteiger charge is -2.34. The van der Waals surface area contributed by atoms with E-state index in [2.05, 4.69) is 37.1 Å². The molecule has 0 aromatic carbocycles. The predicted molar refractivity (Wildman–Crippen MR) is 90.3 cm³/mol. The van der Waals surface area contributed by atoms with Crippen molar-refractivity contribution >= 4 is 0 Å². The monoisotopic (exact) mass is 293 g/mol. The van der Waals surface area contributed by atoms with Crippen LogP contribution in [-0.4, -0.2) is 36.1 Å². The van der Waals surface area contributed by atoms with Gasteiger partial charge in [0.15, 0.2) is 0 Å². The van der Waals surface area contributed by atoms with Crippen LogP contribution in [0.5, 0.6) is 0 Å². The number of nitrogens with zero attached hydrogens (tertiary/aromatic N) is 2. The zero-order chi connectivity index (χ0) is 15.6. The molecule has 1 N–H and O–H groups in total. The molecule has 1 aliphatic carbocycles. The van der Waals surface area contributed by atoms with Crippen molar-refractivity contribution in [1.29, 1.82) is 5.26 Å². The highest BCUT2D eigenvalue weighted by Gasteiger charge is 2.27. The third kappa shape index (κ3) is 5.96. The lowest BCUT2D eigenvalue weighted by molar-refractivity contribution is 0.156. The summed E-state index contributed by atoms with van der Waals surface area (Å²) in [4.78, 5) is 2.65. The molecule has 0 heterocycles. The molecule has 1 atom stereocenters. The van der Waals surface area contributed by atoms with E-state index in [4.69, 9.17) is 0 Å². The largest absolute Gasteiger partial charge is 0.301 e. The second-order valence-electron chi connectivity index (χ2n) is 6.50. The maximum atomic E-state index is 9.55. The lowest BCUT2D eigenvalue weighted by Crippen LogP contribution is -2.45. The fourth-order valence-corrected chi connectivity index (χ4v) is 3.56. The van der Waals surface area contributed by atoms with Crippen molar-refractivity contribution < 1.29 is 0 Å². The molecule has 0 aromatic heterocycles. The molecule has 122 valence electrons. The summed E-state index contributed by atoms with van der Waals surface area (Å²) in [6, 6.07) is 3.34. The second kappa shape index (κ2) is 10.2. The van der Waals surface area contributed by atoms with Gasteiger partial charge in [-0.2, -0.15) is 5.26 Å². The van der Waals surface area contributed by atoms with E-state index < -0.39 is 0 Å². The van der Waals surface area contributed by atoms with Crippen LogP contribution in [0.25, 0.3) is 0 Å².